The van der Waals surface area contributed by atoms with Gasteiger partial charge in [-0.2, -0.15) is 4.31 Å². The van der Waals surface area contributed by atoms with Crippen molar-refractivity contribution in [3.05, 3.63) is 48.0 Å². The third-order valence-corrected chi connectivity index (χ3v) is 8.04. The normalized spacial score (nSPS) is 15.5. The molecule has 2 aromatic carbocycles. The number of nitrogens with zero attached hydrogens (tertiary/aromatic N) is 1. The molecule has 0 aliphatic carbocycles. The summed E-state index contributed by atoms with van der Waals surface area (Å²) in [5.74, 6) is 0.637. The summed E-state index contributed by atoms with van der Waals surface area (Å²) < 4.78 is 59.7. The third-order valence-electron chi connectivity index (χ3n) is 4.75. The molecule has 0 spiro atoms. The van der Waals surface area contributed by atoms with Crippen molar-refractivity contribution in [1.29, 1.82) is 0 Å². The van der Waals surface area contributed by atoms with Crippen molar-refractivity contribution in [2.24, 2.45) is 0 Å². The predicted octanol–water partition coefficient (Wildman–Crippen LogP) is 2.84. The van der Waals surface area contributed by atoms with E-state index in [2.05, 4.69) is 4.72 Å². The summed E-state index contributed by atoms with van der Waals surface area (Å²) in [4.78, 5) is 0.286. The first kappa shape index (κ1) is 20.6. The molecule has 0 saturated carbocycles. The van der Waals surface area contributed by atoms with E-state index in [1.807, 2.05) is 6.92 Å². The Bertz CT molecular complexity index is 1040. The number of aryl methyl sites for hydroxylation is 1. The van der Waals surface area contributed by atoms with Crippen LogP contribution in [-0.4, -0.2) is 41.3 Å². The van der Waals surface area contributed by atoms with Gasteiger partial charge in [0.1, 0.15) is 5.75 Å². The summed E-state index contributed by atoms with van der Waals surface area (Å²) in [7, 11) is -5.79. The Labute approximate surface area is 166 Å². The molecule has 9 heteroatoms. The van der Waals surface area contributed by atoms with Gasteiger partial charge in [0.15, 0.2) is 0 Å². The molecular weight excluding hydrogens is 400 g/mol. The van der Waals surface area contributed by atoms with Crippen molar-refractivity contribution in [3.63, 3.8) is 0 Å². The van der Waals surface area contributed by atoms with Crippen LogP contribution in [-0.2, 0) is 26.5 Å². The average Bonchev–Trinajstić information content (AvgIpc) is 3.23. The monoisotopic (exact) mass is 424 g/mol. The second kappa shape index (κ2) is 8.10. The molecule has 0 radical (unpaired) electrons. The predicted molar refractivity (Wildman–Crippen MR) is 108 cm³/mol. The molecule has 1 saturated heterocycles. The summed E-state index contributed by atoms with van der Waals surface area (Å²) in [5, 5.41) is 0. The van der Waals surface area contributed by atoms with Crippen LogP contribution in [0.25, 0.3) is 0 Å². The number of hydrogen-bond donors (Lipinski definition) is 1. The summed E-state index contributed by atoms with van der Waals surface area (Å²) in [6.07, 6.45) is 2.35. The molecule has 1 fully saturated rings. The van der Waals surface area contributed by atoms with E-state index < -0.39 is 20.0 Å². The number of benzene rings is 2. The summed E-state index contributed by atoms with van der Waals surface area (Å²) in [6, 6.07) is 10.5. The van der Waals surface area contributed by atoms with Crippen LogP contribution in [0.1, 0.15) is 25.3 Å². The van der Waals surface area contributed by atoms with Crippen molar-refractivity contribution < 1.29 is 21.6 Å². The Hall–Kier alpha value is -2.10. The zero-order valence-corrected chi connectivity index (χ0v) is 17.5. The molecule has 0 aromatic heterocycles. The largest absolute Gasteiger partial charge is 0.496 e. The van der Waals surface area contributed by atoms with Gasteiger partial charge in [0.05, 0.1) is 16.9 Å². The van der Waals surface area contributed by atoms with Crippen LogP contribution >= 0.6 is 0 Å². The maximum absolute atomic E-state index is 12.7. The van der Waals surface area contributed by atoms with Gasteiger partial charge in [-0.15, -0.1) is 0 Å². The van der Waals surface area contributed by atoms with E-state index in [0.717, 1.165) is 18.4 Å². The van der Waals surface area contributed by atoms with Crippen molar-refractivity contribution in [3.8, 4) is 5.75 Å². The van der Waals surface area contributed by atoms with Crippen LogP contribution < -0.4 is 9.46 Å². The highest BCUT2D eigenvalue weighted by molar-refractivity contribution is 7.92. The molecule has 28 heavy (non-hydrogen) atoms. The van der Waals surface area contributed by atoms with Gasteiger partial charge in [0, 0.05) is 18.8 Å². The smallest absolute Gasteiger partial charge is 0.261 e. The molecule has 1 aliphatic heterocycles. The SMILES string of the molecule is CCc1cc(S(=O)(=O)Nc2ccc(S(=O)(=O)N3CCCC3)cc2)ccc1OC. The molecule has 1 heterocycles. The minimum Gasteiger partial charge on any atom is -0.496 e. The van der Waals surface area contributed by atoms with Gasteiger partial charge < -0.3 is 4.74 Å². The lowest BCUT2D eigenvalue weighted by Crippen LogP contribution is -2.27. The summed E-state index contributed by atoms with van der Waals surface area (Å²) in [5.41, 5.74) is 1.09. The van der Waals surface area contributed by atoms with Gasteiger partial charge in [-0.3, -0.25) is 4.72 Å². The first-order chi connectivity index (χ1) is 13.3. The van der Waals surface area contributed by atoms with Crippen LogP contribution in [0, 0.1) is 0 Å². The quantitative estimate of drug-likeness (QED) is 0.738. The standard InChI is InChI=1S/C19H24N2O5S2/c1-3-15-14-18(10-11-19(15)26-2)27(22,23)20-16-6-8-17(9-7-16)28(24,25)21-12-4-5-13-21/h6-11,14,20H,3-5,12-13H2,1-2H3. The zero-order valence-electron chi connectivity index (χ0n) is 15.9. The number of methoxy groups -OCH3 is 1. The Kier molecular flexibility index (Phi) is 5.97. The van der Waals surface area contributed by atoms with E-state index >= 15 is 0 Å². The number of anilines is 1. The fourth-order valence-electron chi connectivity index (χ4n) is 3.18. The van der Waals surface area contributed by atoms with Crippen LogP contribution in [0.3, 0.4) is 0 Å². The first-order valence-electron chi connectivity index (χ1n) is 9.08. The first-order valence-corrected chi connectivity index (χ1v) is 12.0. The molecule has 0 atom stereocenters. The topological polar surface area (TPSA) is 92.8 Å². The maximum atomic E-state index is 12.7. The van der Waals surface area contributed by atoms with E-state index in [1.54, 1.807) is 19.2 Å². The van der Waals surface area contributed by atoms with Crippen LogP contribution in [0.5, 0.6) is 5.75 Å². The van der Waals surface area contributed by atoms with E-state index in [-0.39, 0.29) is 9.79 Å². The minimum absolute atomic E-state index is 0.124. The van der Waals surface area contributed by atoms with Crippen LogP contribution in [0.15, 0.2) is 52.3 Å². The van der Waals surface area contributed by atoms with Crippen LogP contribution in [0.4, 0.5) is 5.69 Å². The van der Waals surface area contributed by atoms with E-state index in [4.69, 9.17) is 4.74 Å². The zero-order chi connectivity index (χ0) is 20.4. The Morgan fingerprint density at radius 2 is 1.57 bits per heavy atom. The lowest BCUT2D eigenvalue weighted by Gasteiger charge is -2.16. The van der Waals surface area contributed by atoms with E-state index in [0.29, 0.717) is 30.9 Å². The maximum Gasteiger partial charge on any atom is 0.261 e. The number of nitrogens with one attached hydrogen (secondary N) is 1. The number of rotatable bonds is 7. The molecule has 0 unspecified atom stereocenters. The number of sulfonamides is 2. The molecule has 1 N–H and O–H groups in total. The molecule has 152 valence electrons. The highest BCUT2D eigenvalue weighted by Crippen LogP contribution is 2.26. The fourth-order valence-corrected chi connectivity index (χ4v) is 5.81. The van der Waals surface area contributed by atoms with Gasteiger partial charge >= 0.3 is 0 Å². The second-order valence-electron chi connectivity index (χ2n) is 6.57. The second-order valence-corrected chi connectivity index (χ2v) is 10.2. The van der Waals surface area contributed by atoms with Crippen molar-refractivity contribution in [2.75, 3.05) is 24.9 Å². The van der Waals surface area contributed by atoms with Crippen molar-refractivity contribution in [2.45, 2.75) is 36.0 Å². The summed E-state index contributed by atoms with van der Waals surface area (Å²) in [6.45, 7) is 2.96. The highest BCUT2D eigenvalue weighted by atomic mass is 32.2. The molecule has 0 bridgehead atoms. The molecule has 0 amide bonds. The Morgan fingerprint density at radius 3 is 2.14 bits per heavy atom. The molecule has 1 aliphatic rings. The van der Waals surface area contributed by atoms with Crippen molar-refractivity contribution in [1.82, 2.24) is 4.31 Å². The molecular formula is C19H24N2O5S2. The average molecular weight is 425 g/mol. The third kappa shape index (κ3) is 4.16. The van der Waals surface area contributed by atoms with Crippen molar-refractivity contribution >= 4 is 25.7 Å². The Balaban J connectivity index is 1.81. The van der Waals surface area contributed by atoms with E-state index in [9.17, 15) is 16.8 Å². The minimum atomic E-state index is -3.80. The number of hydrogen-bond acceptors (Lipinski definition) is 5. The van der Waals surface area contributed by atoms with Gasteiger partial charge in [-0.05, 0) is 67.3 Å². The lowest BCUT2D eigenvalue weighted by atomic mass is 10.1. The number of ether oxygens (including phenoxy) is 1. The summed E-state index contributed by atoms with van der Waals surface area (Å²) >= 11 is 0. The lowest BCUT2D eigenvalue weighted by molar-refractivity contribution is 0.409. The van der Waals surface area contributed by atoms with Gasteiger partial charge in [0.2, 0.25) is 10.0 Å². The fraction of sp³-hybridized carbons (Fsp3) is 0.368. The van der Waals surface area contributed by atoms with Gasteiger partial charge in [0.25, 0.3) is 10.0 Å². The highest BCUT2D eigenvalue weighted by Gasteiger charge is 2.27. The van der Waals surface area contributed by atoms with E-state index in [1.165, 1.54) is 34.6 Å². The molecule has 3 rings (SSSR count). The Morgan fingerprint density at radius 1 is 0.964 bits per heavy atom. The molecule has 7 nitrogen and oxygen atoms in total. The molecule has 2 aromatic rings. The van der Waals surface area contributed by atoms with Crippen LogP contribution in [0.2, 0.25) is 0 Å². The van der Waals surface area contributed by atoms with Gasteiger partial charge in [-0.1, -0.05) is 6.92 Å². The van der Waals surface area contributed by atoms with Gasteiger partial charge in [-0.25, -0.2) is 16.8 Å².